The third-order valence-corrected chi connectivity index (χ3v) is 3.65. The van der Waals surface area contributed by atoms with E-state index in [0.717, 1.165) is 0 Å². The van der Waals surface area contributed by atoms with Gasteiger partial charge in [0.2, 0.25) is 0 Å². The molecule has 0 aliphatic heterocycles. The minimum atomic E-state index is -2.51. The highest BCUT2D eigenvalue weighted by Crippen LogP contribution is 2.30. The molecule has 2 heterocycles. The van der Waals surface area contributed by atoms with Gasteiger partial charge in [-0.2, -0.15) is 0 Å². The molecule has 3 aromatic rings. The third-order valence-electron chi connectivity index (χ3n) is 3.06. The number of thiol groups is 1. The van der Waals surface area contributed by atoms with Gasteiger partial charge in [0.25, 0.3) is 0 Å². The Kier molecular flexibility index (Phi) is 3.97. The van der Waals surface area contributed by atoms with E-state index in [1.165, 1.54) is 18.5 Å². The Bertz CT molecular complexity index is 847. The second kappa shape index (κ2) is 6.07. The van der Waals surface area contributed by atoms with E-state index in [-0.39, 0.29) is 11.6 Å². The monoisotopic (exact) mass is 318 g/mol. The molecule has 0 aliphatic carbocycles. The fourth-order valence-electron chi connectivity index (χ4n) is 2.05. The molecule has 0 bridgehead atoms. The van der Waals surface area contributed by atoms with Crippen molar-refractivity contribution in [3.8, 4) is 22.6 Å². The standard InChI is InChI=1S/C15H11FN2O3S/c16-12-4-1-10(2-5-12)15-14(18-9-21-15)11-3-6-13(17-7-11)8-22(19)20/h1-7,9,22H,8H2. The molecule has 3 rings (SSSR count). The zero-order chi connectivity index (χ0) is 15.5. The van der Waals surface area contributed by atoms with Gasteiger partial charge in [0.1, 0.15) is 22.2 Å². The summed E-state index contributed by atoms with van der Waals surface area (Å²) in [6, 6.07) is 9.24. The Hall–Kier alpha value is -2.54. The molecule has 0 spiro atoms. The molecule has 0 aliphatic rings. The summed E-state index contributed by atoms with van der Waals surface area (Å²) in [7, 11) is -2.51. The van der Waals surface area contributed by atoms with Crippen molar-refractivity contribution in [1.29, 1.82) is 0 Å². The van der Waals surface area contributed by atoms with Crippen LogP contribution in [0.3, 0.4) is 0 Å². The molecule has 22 heavy (non-hydrogen) atoms. The Labute approximate surface area is 127 Å². The molecular formula is C15H11FN2O3S. The second-order valence-electron chi connectivity index (χ2n) is 4.57. The Morgan fingerprint density at radius 3 is 2.36 bits per heavy atom. The largest absolute Gasteiger partial charge is 0.443 e. The van der Waals surface area contributed by atoms with Gasteiger partial charge in [0.15, 0.2) is 12.2 Å². The molecule has 7 heteroatoms. The first-order chi connectivity index (χ1) is 10.6. The molecular weight excluding hydrogens is 307 g/mol. The van der Waals surface area contributed by atoms with E-state index in [1.54, 1.807) is 30.5 Å². The Balaban J connectivity index is 1.96. The van der Waals surface area contributed by atoms with Crippen LogP contribution in [0.15, 0.2) is 53.4 Å². The number of pyridine rings is 1. The summed E-state index contributed by atoms with van der Waals surface area (Å²) in [5.41, 5.74) is 2.42. The first-order valence-electron chi connectivity index (χ1n) is 6.40. The molecule has 0 radical (unpaired) electrons. The quantitative estimate of drug-likeness (QED) is 0.749. The molecule has 2 aromatic heterocycles. The van der Waals surface area contributed by atoms with Gasteiger partial charge in [-0.05, 0) is 36.4 Å². The summed E-state index contributed by atoms with van der Waals surface area (Å²) in [5, 5.41) is 0. The van der Waals surface area contributed by atoms with Gasteiger partial charge in [-0.1, -0.05) is 0 Å². The minimum absolute atomic E-state index is 0.0980. The van der Waals surface area contributed by atoms with Crippen molar-refractivity contribution in [2.45, 2.75) is 5.75 Å². The Morgan fingerprint density at radius 1 is 1.00 bits per heavy atom. The summed E-state index contributed by atoms with van der Waals surface area (Å²) in [4.78, 5) is 8.25. The van der Waals surface area contributed by atoms with Gasteiger partial charge in [0, 0.05) is 17.3 Å². The van der Waals surface area contributed by atoms with Crippen molar-refractivity contribution in [2.24, 2.45) is 0 Å². The zero-order valence-electron chi connectivity index (χ0n) is 11.3. The Morgan fingerprint density at radius 2 is 1.73 bits per heavy atom. The van der Waals surface area contributed by atoms with Gasteiger partial charge in [-0.3, -0.25) is 4.98 Å². The highest BCUT2D eigenvalue weighted by atomic mass is 32.2. The van der Waals surface area contributed by atoms with Crippen molar-refractivity contribution >= 4 is 10.7 Å². The van der Waals surface area contributed by atoms with Crippen LogP contribution in [0.5, 0.6) is 0 Å². The SMILES string of the molecule is O=[SH](=O)Cc1ccc(-c2ncoc2-c2ccc(F)cc2)cn1. The lowest BCUT2D eigenvalue weighted by Crippen LogP contribution is -1.92. The van der Waals surface area contributed by atoms with E-state index in [4.69, 9.17) is 4.42 Å². The van der Waals surface area contributed by atoms with Crippen LogP contribution in [0.4, 0.5) is 4.39 Å². The predicted octanol–water partition coefficient (Wildman–Crippen LogP) is 2.65. The lowest BCUT2D eigenvalue weighted by atomic mass is 10.1. The maximum absolute atomic E-state index is 13.0. The van der Waals surface area contributed by atoms with Gasteiger partial charge in [0.05, 0.1) is 11.4 Å². The van der Waals surface area contributed by atoms with E-state index in [1.807, 2.05) is 0 Å². The van der Waals surface area contributed by atoms with Crippen molar-refractivity contribution in [3.05, 3.63) is 60.5 Å². The molecule has 0 amide bonds. The summed E-state index contributed by atoms with van der Waals surface area (Å²) in [6.07, 6.45) is 2.84. The van der Waals surface area contributed by atoms with Gasteiger partial charge in [-0.25, -0.2) is 17.8 Å². The molecule has 0 N–H and O–H groups in total. The van der Waals surface area contributed by atoms with Gasteiger partial charge >= 0.3 is 0 Å². The zero-order valence-corrected chi connectivity index (χ0v) is 12.2. The van der Waals surface area contributed by atoms with Crippen LogP contribution >= 0.6 is 0 Å². The lowest BCUT2D eigenvalue weighted by molar-refractivity contribution is 0.571. The molecule has 112 valence electrons. The number of oxazole rings is 1. The van der Waals surface area contributed by atoms with Crippen LogP contribution in [0.25, 0.3) is 22.6 Å². The average Bonchev–Trinajstić information content (AvgIpc) is 2.97. The van der Waals surface area contributed by atoms with E-state index in [2.05, 4.69) is 9.97 Å². The lowest BCUT2D eigenvalue weighted by Gasteiger charge is -2.02. The van der Waals surface area contributed by atoms with Gasteiger partial charge in [-0.15, -0.1) is 0 Å². The van der Waals surface area contributed by atoms with E-state index < -0.39 is 10.7 Å². The minimum Gasteiger partial charge on any atom is -0.443 e. The number of benzene rings is 1. The number of rotatable bonds is 4. The number of hydrogen-bond donors (Lipinski definition) is 1. The molecule has 0 saturated heterocycles. The smallest absolute Gasteiger partial charge is 0.182 e. The molecule has 5 nitrogen and oxygen atoms in total. The fourth-order valence-corrected chi connectivity index (χ4v) is 2.50. The fraction of sp³-hybridized carbons (Fsp3) is 0.0667. The first kappa shape index (κ1) is 14.4. The summed E-state index contributed by atoms with van der Waals surface area (Å²) < 4.78 is 39.8. The van der Waals surface area contributed by atoms with Crippen molar-refractivity contribution in [2.75, 3.05) is 0 Å². The van der Waals surface area contributed by atoms with Crippen molar-refractivity contribution in [3.63, 3.8) is 0 Å². The van der Waals surface area contributed by atoms with Gasteiger partial charge < -0.3 is 4.42 Å². The first-order valence-corrected chi connectivity index (χ1v) is 7.76. The van der Waals surface area contributed by atoms with Crippen molar-refractivity contribution < 1.29 is 17.2 Å². The summed E-state index contributed by atoms with van der Waals surface area (Å²) >= 11 is 0. The normalized spacial score (nSPS) is 11.0. The number of aromatic nitrogens is 2. The van der Waals surface area contributed by atoms with Crippen LogP contribution in [0, 0.1) is 5.82 Å². The van der Waals surface area contributed by atoms with Crippen LogP contribution in [0.2, 0.25) is 0 Å². The van der Waals surface area contributed by atoms with Crippen LogP contribution in [-0.4, -0.2) is 18.4 Å². The number of halogens is 1. The van der Waals surface area contributed by atoms with E-state index in [0.29, 0.717) is 28.3 Å². The number of nitrogens with zero attached hydrogens (tertiary/aromatic N) is 2. The molecule has 0 atom stereocenters. The highest BCUT2D eigenvalue weighted by Gasteiger charge is 2.13. The second-order valence-corrected chi connectivity index (χ2v) is 5.55. The maximum atomic E-state index is 13.0. The average molecular weight is 318 g/mol. The van der Waals surface area contributed by atoms with E-state index in [9.17, 15) is 12.8 Å². The van der Waals surface area contributed by atoms with Crippen molar-refractivity contribution in [1.82, 2.24) is 9.97 Å². The topological polar surface area (TPSA) is 73.1 Å². The van der Waals surface area contributed by atoms with E-state index >= 15 is 0 Å². The maximum Gasteiger partial charge on any atom is 0.182 e. The molecule has 0 saturated carbocycles. The highest BCUT2D eigenvalue weighted by molar-refractivity contribution is 7.71. The third kappa shape index (κ3) is 3.04. The molecule has 1 aromatic carbocycles. The van der Waals surface area contributed by atoms with Crippen LogP contribution in [-0.2, 0) is 16.5 Å². The van der Waals surface area contributed by atoms with Crippen LogP contribution in [0.1, 0.15) is 5.69 Å². The predicted molar refractivity (Wildman–Crippen MR) is 79.1 cm³/mol. The van der Waals surface area contributed by atoms with Crippen LogP contribution < -0.4 is 0 Å². The summed E-state index contributed by atoms with van der Waals surface area (Å²) in [6.45, 7) is 0. The summed E-state index contributed by atoms with van der Waals surface area (Å²) in [5.74, 6) is 0.0752. The number of hydrogen-bond acceptors (Lipinski definition) is 5. The molecule has 0 unspecified atom stereocenters. The molecule has 0 fully saturated rings.